The van der Waals surface area contributed by atoms with Crippen molar-refractivity contribution in [1.82, 2.24) is 9.29 Å². The van der Waals surface area contributed by atoms with Gasteiger partial charge in [0.1, 0.15) is 5.82 Å². The van der Waals surface area contributed by atoms with E-state index in [2.05, 4.69) is 4.98 Å². The van der Waals surface area contributed by atoms with E-state index in [0.29, 0.717) is 18.5 Å². The van der Waals surface area contributed by atoms with Crippen LogP contribution in [-0.2, 0) is 16.4 Å². The molecule has 108 valence electrons. The molecule has 0 unspecified atom stereocenters. The van der Waals surface area contributed by atoms with Crippen LogP contribution in [0, 0.1) is 12.7 Å². The van der Waals surface area contributed by atoms with Gasteiger partial charge in [-0.25, -0.2) is 22.1 Å². The van der Waals surface area contributed by atoms with E-state index in [-0.39, 0.29) is 4.90 Å². The highest BCUT2D eigenvalue weighted by Crippen LogP contribution is 2.20. The number of hydrogen-bond acceptors (Lipinski definition) is 4. The first-order valence-electron chi connectivity index (χ1n) is 6.02. The molecule has 0 radical (unpaired) electrons. The highest BCUT2D eigenvalue weighted by molar-refractivity contribution is 7.89. The monoisotopic (exact) mass is 314 g/mol. The van der Waals surface area contributed by atoms with Gasteiger partial charge >= 0.3 is 0 Å². The number of halogens is 1. The topological polar surface area (TPSA) is 50.3 Å². The first-order chi connectivity index (χ1) is 9.41. The van der Waals surface area contributed by atoms with Gasteiger partial charge in [0.15, 0.2) is 0 Å². The molecule has 1 aromatic heterocycles. The molecule has 20 heavy (non-hydrogen) atoms. The average Bonchev–Trinajstić information content (AvgIpc) is 2.88. The molecule has 2 rings (SSSR count). The summed E-state index contributed by atoms with van der Waals surface area (Å²) in [5.41, 5.74) is 0.408. The Kier molecular flexibility index (Phi) is 4.52. The highest BCUT2D eigenvalue weighted by atomic mass is 32.2. The zero-order valence-electron chi connectivity index (χ0n) is 11.2. The molecular formula is C13H15FN2O2S2. The number of aryl methyl sites for hydroxylation is 1. The second kappa shape index (κ2) is 5.99. The number of hydrogen-bond donors (Lipinski definition) is 0. The molecule has 1 heterocycles. The van der Waals surface area contributed by atoms with Crippen LogP contribution < -0.4 is 0 Å². The highest BCUT2D eigenvalue weighted by Gasteiger charge is 2.22. The standard InChI is InChI=1S/C13H15FN2O2S2/c1-10-9-11(14)3-4-12(10)20(17,18)16(2)7-5-13-15-6-8-19-13/h3-4,6,8-9H,5,7H2,1-2H3. The van der Waals surface area contributed by atoms with Gasteiger partial charge in [-0.1, -0.05) is 0 Å². The van der Waals surface area contributed by atoms with Gasteiger partial charge in [-0.05, 0) is 30.7 Å². The number of likely N-dealkylation sites (N-methyl/N-ethyl adjacent to an activating group) is 1. The van der Waals surface area contributed by atoms with Crippen molar-refractivity contribution in [3.05, 3.63) is 46.2 Å². The lowest BCUT2D eigenvalue weighted by atomic mass is 10.2. The molecule has 0 N–H and O–H groups in total. The van der Waals surface area contributed by atoms with E-state index >= 15 is 0 Å². The molecule has 0 spiro atoms. The number of nitrogens with zero attached hydrogens (tertiary/aromatic N) is 2. The Bertz CT molecular complexity index is 684. The third-order valence-corrected chi connectivity index (χ3v) is 5.81. The fraction of sp³-hybridized carbons (Fsp3) is 0.308. The fourth-order valence-electron chi connectivity index (χ4n) is 1.82. The molecule has 0 aliphatic rings. The van der Waals surface area contributed by atoms with Crippen molar-refractivity contribution in [2.24, 2.45) is 0 Å². The van der Waals surface area contributed by atoms with E-state index in [1.54, 1.807) is 13.1 Å². The van der Waals surface area contributed by atoms with Gasteiger partial charge in [0.05, 0.1) is 9.90 Å². The molecule has 0 fully saturated rings. The first kappa shape index (κ1) is 15.1. The first-order valence-corrected chi connectivity index (χ1v) is 8.34. The number of benzene rings is 1. The molecule has 4 nitrogen and oxygen atoms in total. The van der Waals surface area contributed by atoms with Crippen molar-refractivity contribution >= 4 is 21.4 Å². The molecule has 1 aromatic carbocycles. The lowest BCUT2D eigenvalue weighted by Gasteiger charge is -2.18. The third-order valence-electron chi connectivity index (χ3n) is 2.95. The second-order valence-electron chi connectivity index (χ2n) is 4.41. The van der Waals surface area contributed by atoms with E-state index in [9.17, 15) is 12.8 Å². The normalized spacial score (nSPS) is 12.0. The van der Waals surface area contributed by atoms with Crippen molar-refractivity contribution in [3.8, 4) is 0 Å². The van der Waals surface area contributed by atoms with Crippen LogP contribution >= 0.6 is 11.3 Å². The Balaban J connectivity index is 2.16. The van der Waals surface area contributed by atoms with E-state index in [0.717, 1.165) is 11.1 Å². The smallest absolute Gasteiger partial charge is 0.243 e. The zero-order valence-corrected chi connectivity index (χ0v) is 12.8. The van der Waals surface area contributed by atoms with Crippen LogP contribution in [0.3, 0.4) is 0 Å². The minimum Gasteiger partial charge on any atom is -0.250 e. The van der Waals surface area contributed by atoms with Crippen LogP contribution in [0.25, 0.3) is 0 Å². The van der Waals surface area contributed by atoms with Gasteiger partial charge in [-0.3, -0.25) is 0 Å². The van der Waals surface area contributed by atoms with E-state index in [4.69, 9.17) is 0 Å². The van der Waals surface area contributed by atoms with Gasteiger partial charge < -0.3 is 0 Å². The predicted molar refractivity (Wildman–Crippen MR) is 76.8 cm³/mol. The van der Waals surface area contributed by atoms with Crippen molar-refractivity contribution in [2.45, 2.75) is 18.2 Å². The lowest BCUT2D eigenvalue weighted by molar-refractivity contribution is 0.471. The molecule has 7 heteroatoms. The number of sulfonamides is 1. The summed E-state index contributed by atoms with van der Waals surface area (Å²) < 4.78 is 39.1. The van der Waals surface area contributed by atoms with Crippen molar-refractivity contribution in [2.75, 3.05) is 13.6 Å². The Hall–Kier alpha value is -1.31. The summed E-state index contributed by atoms with van der Waals surface area (Å²) >= 11 is 1.49. The molecule has 0 atom stereocenters. The second-order valence-corrected chi connectivity index (χ2v) is 7.40. The largest absolute Gasteiger partial charge is 0.250 e. The van der Waals surface area contributed by atoms with Crippen LogP contribution in [0.4, 0.5) is 4.39 Å². The number of aromatic nitrogens is 1. The third kappa shape index (κ3) is 3.23. The fourth-order valence-corrected chi connectivity index (χ4v) is 3.80. The number of thiazole rings is 1. The van der Waals surface area contributed by atoms with Gasteiger partial charge in [0.25, 0.3) is 0 Å². The summed E-state index contributed by atoms with van der Waals surface area (Å²) in [5, 5.41) is 2.75. The maximum absolute atomic E-state index is 13.1. The Labute approximate surface area is 121 Å². The Morgan fingerprint density at radius 1 is 1.40 bits per heavy atom. The Morgan fingerprint density at radius 3 is 2.75 bits per heavy atom. The molecule has 0 saturated carbocycles. The quantitative estimate of drug-likeness (QED) is 0.852. The van der Waals surface area contributed by atoms with Crippen molar-refractivity contribution < 1.29 is 12.8 Å². The molecule has 0 amide bonds. The summed E-state index contributed by atoms with van der Waals surface area (Å²) in [4.78, 5) is 4.26. The molecule has 0 bridgehead atoms. The SMILES string of the molecule is Cc1cc(F)ccc1S(=O)(=O)N(C)CCc1nccs1. The van der Waals surface area contributed by atoms with Crippen LogP contribution in [0.2, 0.25) is 0 Å². The zero-order chi connectivity index (χ0) is 14.8. The summed E-state index contributed by atoms with van der Waals surface area (Å²) in [6.07, 6.45) is 2.26. The minimum absolute atomic E-state index is 0.139. The van der Waals surface area contributed by atoms with Gasteiger partial charge in [-0.15, -0.1) is 11.3 Å². The maximum atomic E-state index is 13.1. The lowest BCUT2D eigenvalue weighted by Crippen LogP contribution is -2.29. The summed E-state index contributed by atoms with van der Waals surface area (Å²) in [5.74, 6) is -0.438. The molecule has 0 aliphatic carbocycles. The predicted octanol–water partition coefficient (Wildman–Crippen LogP) is 2.45. The average molecular weight is 314 g/mol. The van der Waals surface area contributed by atoms with E-state index < -0.39 is 15.8 Å². The summed E-state index contributed by atoms with van der Waals surface area (Å²) in [6.45, 7) is 1.93. The van der Waals surface area contributed by atoms with Crippen LogP contribution in [0.1, 0.15) is 10.6 Å². The minimum atomic E-state index is -3.60. The van der Waals surface area contributed by atoms with E-state index in [1.165, 1.54) is 34.8 Å². The molecule has 0 aliphatic heterocycles. The molecular weight excluding hydrogens is 299 g/mol. The van der Waals surface area contributed by atoms with Crippen LogP contribution in [0.5, 0.6) is 0 Å². The van der Waals surface area contributed by atoms with Gasteiger partial charge in [0, 0.05) is 31.6 Å². The molecule has 0 saturated heterocycles. The van der Waals surface area contributed by atoms with Gasteiger partial charge in [-0.2, -0.15) is 0 Å². The summed E-state index contributed by atoms with van der Waals surface area (Å²) in [6, 6.07) is 3.69. The van der Waals surface area contributed by atoms with Crippen LogP contribution in [-0.4, -0.2) is 31.3 Å². The van der Waals surface area contributed by atoms with Gasteiger partial charge in [0.2, 0.25) is 10.0 Å². The number of rotatable bonds is 5. The molecule has 2 aromatic rings. The van der Waals surface area contributed by atoms with Crippen molar-refractivity contribution in [1.29, 1.82) is 0 Å². The maximum Gasteiger partial charge on any atom is 0.243 e. The van der Waals surface area contributed by atoms with Crippen LogP contribution in [0.15, 0.2) is 34.7 Å². The summed E-state index contributed by atoms with van der Waals surface area (Å²) in [7, 11) is -2.08. The Morgan fingerprint density at radius 2 is 2.15 bits per heavy atom. The van der Waals surface area contributed by atoms with E-state index in [1.807, 2.05) is 5.38 Å². The van der Waals surface area contributed by atoms with Crippen molar-refractivity contribution in [3.63, 3.8) is 0 Å².